The molecule has 0 atom stereocenters. The van der Waals surface area contributed by atoms with Gasteiger partial charge in [-0.2, -0.15) is 0 Å². The molecule has 124 valence electrons. The first-order valence-electron chi connectivity index (χ1n) is 8.37. The highest BCUT2D eigenvalue weighted by Crippen LogP contribution is 2.24. The molecule has 0 aliphatic heterocycles. The van der Waals surface area contributed by atoms with E-state index < -0.39 is 0 Å². The fourth-order valence-corrected chi connectivity index (χ4v) is 3.02. The van der Waals surface area contributed by atoms with E-state index in [1.807, 2.05) is 55.1 Å². The number of hydrogen-bond acceptors (Lipinski definition) is 3. The highest BCUT2D eigenvalue weighted by atomic mass is 16.5. The zero-order chi connectivity index (χ0) is 17.1. The Hall–Kier alpha value is -2.62. The maximum Gasteiger partial charge on any atom is 0.233 e. The first-order valence-corrected chi connectivity index (χ1v) is 8.37. The fraction of sp³-hybridized carbons (Fsp3) is 0.300. The van der Waals surface area contributed by atoms with Crippen molar-refractivity contribution < 1.29 is 9.32 Å². The van der Waals surface area contributed by atoms with Crippen LogP contribution in [0, 0.1) is 6.92 Å². The smallest absolute Gasteiger partial charge is 0.233 e. The zero-order valence-electron chi connectivity index (χ0n) is 14.4. The second-order valence-electron chi connectivity index (χ2n) is 5.93. The summed E-state index contributed by atoms with van der Waals surface area (Å²) < 4.78 is 5.35. The lowest BCUT2D eigenvalue weighted by molar-refractivity contribution is -0.118. The van der Waals surface area contributed by atoms with Gasteiger partial charge in [0.25, 0.3) is 0 Å². The van der Waals surface area contributed by atoms with Gasteiger partial charge in [-0.15, -0.1) is 0 Å². The number of anilines is 1. The summed E-state index contributed by atoms with van der Waals surface area (Å²) in [5, 5.41) is 5.03. The van der Waals surface area contributed by atoms with Crippen molar-refractivity contribution in [2.24, 2.45) is 0 Å². The molecule has 4 heteroatoms. The molecule has 0 N–H and O–H groups in total. The standard InChI is InChI=1S/C20H22N2O2/c1-4-15-8-6-7-9-18(15)22(5-2)20(23)13-17-16-12-14(3)10-11-19(16)24-21-17/h6-12H,4-5,13H2,1-3H3. The molecular weight excluding hydrogens is 300 g/mol. The van der Waals surface area contributed by atoms with Crippen LogP contribution in [0.1, 0.15) is 30.7 Å². The largest absolute Gasteiger partial charge is 0.356 e. The van der Waals surface area contributed by atoms with Crippen LogP contribution < -0.4 is 4.90 Å². The Morgan fingerprint density at radius 3 is 2.71 bits per heavy atom. The molecule has 3 rings (SSSR count). The van der Waals surface area contributed by atoms with E-state index in [9.17, 15) is 4.79 Å². The summed E-state index contributed by atoms with van der Waals surface area (Å²) in [6.07, 6.45) is 1.13. The number of likely N-dealkylation sites (N-methyl/N-ethyl adjacent to an activating group) is 1. The number of hydrogen-bond donors (Lipinski definition) is 0. The molecular formula is C20H22N2O2. The second-order valence-corrected chi connectivity index (χ2v) is 5.93. The predicted octanol–water partition coefficient (Wildman–Crippen LogP) is 4.29. The predicted molar refractivity (Wildman–Crippen MR) is 96.3 cm³/mol. The van der Waals surface area contributed by atoms with E-state index in [4.69, 9.17) is 4.52 Å². The van der Waals surface area contributed by atoms with E-state index in [2.05, 4.69) is 18.1 Å². The van der Waals surface area contributed by atoms with Gasteiger partial charge in [0.15, 0.2) is 5.58 Å². The van der Waals surface area contributed by atoms with Gasteiger partial charge in [-0.1, -0.05) is 41.9 Å². The van der Waals surface area contributed by atoms with Crippen molar-refractivity contribution in [1.29, 1.82) is 0 Å². The summed E-state index contributed by atoms with van der Waals surface area (Å²) in [6.45, 7) is 6.75. The molecule has 0 spiro atoms. The molecule has 1 amide bonds. The van der Waals surface area contributed by atoms with Crippen LogP contribution >= 0.6 is 0 Å². The minimum absolute atomic E-state index is 0.0371. The van der Waals surface area contributed by atoms with Gasteiger partial charge in [0, 0.05) is 17.6 Å². The monoisotopic (exact) mass is 322 g/mol. The van der Waals surface area contributed by atoms with Crippen molar-refractivity contribution >= 4 is 22.6 Å². The molecule has 1 heterocycles. The number of benzene rings is 2. The molecule has 0 unspecified atom stereocenters. The van der Waals surface area contributed by atoms with Crippen LogP contribution in [-0.2, 0) is 17.6 Å². The highest BCUT2D eigenvalue weighted by molar-refractivity contribution is 5.97. The van der Waals surface area contributed by atoms with E-state index in [0.717, 1.165) is 28.6 Å². The SMILES string of the molecule is CCc1ccccc1N(CC)C(=O)Cc1noc2ccc(C)cc12. The maximum atomic E-state index is 12.9. The Morgan fingerprint density at radius 2 is 1.96 bits per heavy atom. The number of aryl methyl sites for hydroxylation is 2. The number of aromatic nitrogens is 1. The van der Waals surface area contributed by atoms with Crippen LogP contribution in [0.15, 0.2) is 47.0 Å². The Bertz CT molecular complexity index is 867. The molecule has 0 bridgehead atoms. The molecule has 0 saturated carbocycles. The second kappa shape index (κ2) is 6.87. The van der Waals surface area contributed by atoms with Gasteiger partial charge in [-0.05, 0) is 44.0 Å². The lowest BCUT2D eigenvalue weighted by atomic mass is 10.1. The molecule has 0 aliphatic carbocycles. The average molecular weight is 322 g/mol. The maximum absolute atomic E-state index is 12.9. The van der Waals surface area contributed by atoms with Gasteiger partial charge >= 0.3 is 0 Å². The number of carbonyl (C=O) groups is 1. The molecule has 0 saturated heterocycles. The van der Waals surface area contributed by atoms with E-state index in [1.165, 1.54) is 5.56 Å². The van der Waals surface area contributed by atoms with Gasteiger partial charge in [-0.3, -0.25) is 4.79 Å². The van der Waals surface area contributed by atoms with Crippen molar-refractivity contribution in [3.63, 3.8) is 0 Å². The third-order valence-electron chi connectivity index (χ3n) is 4.30. The molecule has 24 heavy (non-hydrogen) atoms. The summed E-state index contributed by atoms with van der Waals surface area (Å²) in [6, 6.07) is 14.0. The Labute approximate surface area is 142 Å². The zero-order valence-corrected chi connectivity index (χ0v) is 14.4. The number of nitrogens with zero attached hydrogens (tertiary/aromatic N) is 2. The summed E-state index contributed by atoms with van der Waals surface area (Å²) in [5.41, 5.74) is 4.71. The van der Waals surface area contributed by atoms with Crippen LogP contribution in [0.3, 0.4) is 0 Å². The number of carbonyl (C=O) groups excluding carboxylic acids is 1. The minimum Gasteiger partial charge on any atom is -0.356 e. The highest BCUT2D eigenvalue weighted by Gasteiger charge is 2.20. The Kier molecular flexibility index (Phi) is 4.65. The van der Waals surface area contributed by atoms with Crippen LogP contribution in [0.25, 0.3) is 11.0 Å². The fourth-order valence-electron chi connectivity index (χ4n) is 3.02. The molecule has 0 aliphatic rings. The molecule has 3 aromatic rings. The Morgan fingerprint density at radius 1 is 1.17 bits per heavy atom. The van der Waals surface area contributed by atoms with E-state index >= 15 is 0 Å². The summed E-state index contributed by atoms with van der Waals surface area (Å²) in [4.78, 5) is 14.7. The minimum atomic E-state index is 0.0371. The van der Waals surface area contributed by atoms with Gasteiger partial charge in [0.1, 0.15) is 5.69 Å². The Balaban J connectivity index is 1.90. The van der Waals surface area contributed by atoms with E-state index in [1.54, 1.807) is 0 Å². The van der Waals surface area contributed by atoms with Gasteiger partial charge in [0.2, 0.25) is 5.91 Å². The average Bonchev–Trinajstić information content (AvgIpc) is 2.98. The topological polar surface area (TPSA) is 46.3 Å². The van der Waals surface area contributed by atoms with E-state index in [-0.39, 0.29) is 12.3 Å². The number of para-hydroxylation sites is 1. The van der Waals surface area contributed by atoms with E-state index in [0.29, 0.717) is 12.2 Å². The third-order valence-corrected chi connectivity index (χ3v) is 4.30. The molecule has 0 radical (unpaired) electrons. The van der Waals surface area contributed by atoms with Crippen LogP contribution in [0.5, 0.6) is 0 Å². The lowest BCUT2D eigenvalue weighted by Gasteiger charge is -2.23. The summed E-state index contributed by atoms with van der Waals surface area (Å²) in [7, 11) is 0. The number of amides is 1. The van der Waals surface area contributed by atoms with Crippen molar-refractivity contribution in [2.75, 3.05) is 11.4 Å². The van der Waals surface area contributed by atoms with Gasteiger partial charge < -0.3 is 9.42 Å². The normalized spacial score (nSPS) is 11.0. The quantitative estimate of drug-likeness (QED) is 0.704. The van der Waals surface area contributed by atoms with Crippen LogP contribution in [0.2, 0.25) is 0 Å². The van der Waals surface area contributed by atoms with Crippen molar-refractivity contribution in [3.8, 4) is 0 Å². The first kappa shape index (κ1) is 16.2. The van der Waals surface area contributed by atoms with Crippen LogP contribution in [0.4, 0.5) is 5.69 Å². The molecule has 1 aromatic heterocycles. The number of fused-ring (bicyclic) bond motifs is 1. The molecule has 4 nitrogen and oxygen atoms in total. The van der Waals surface area contributed by atoms with Gasteiger partial charge in [0.05, 0.1) is 6.42 Å². The molecule has 2 aromatic carbocycles. The summed E-state index contributed by atoms with van der Waals surface area (Å²) in [5.74, 6) is 0.0371. The van der Waals surface area contributed by atoms with Crippen molar-refractivity contribution in [3.05, 3.63) is 59.3 Å². The summed E-state index contributed by atoms with van der Waals surface area (Å²) >= 11 is 0. The third kappa shape index (κ3) is 3.04. The number of rotatable bonds is 5. The van der Waals surface area contributed by atoms with Crippen LogP contribution in [-0.4, -0.2) is 17.6 Å². The van der Waals surface area contributed by atoms with Crippen molar-refractivity contribution in [1.82, 2.24) is 5.16 Å². The molecule has 0 fully saturated rings. The lowest BCUT2D eigenvalue weighted by Crippen LogP contribution is -2.32. The first-order chi connectivity index (χ1) is 11.6. The van der Waals surface area contributed by atoms with Gasteiger partial charge in [-0.25, -0.2) is 0 Å². The van der Waals surface area contributed by atoms with Crippen molar-refractivity contribution in [2.45, 2.75) is 33.6 Å².